The van der Waals surface area contributed by atoms with Gasteiger partial charge in [-0.15, -0.1) is 0 Å². The van der Waals surface area contributed by atoms with Gasteiger partial charge in [0.1, 0.15) is 0 Å². The van der Waals surface area contributed by atoms with Crippen molar-refractivity contribution in [2.75, 3.05) is 0 Å². The lowest BCUT2D eigenvalue weighted by Crippen LogP contribution is -1.94. The van der Waals surface area contributed by atoms with Crippen LogP contribution in [-0.2, 0) is 0 Å². The van der Waals surface area contributed by atoms with Crippen LogP contribution in [0.3, 0.4) is 0 Å². The Morgan fingerprint density at radius 3 is 1.06 bits per heavy atom. The number of rotatable bonds is 9. The van der Waals surface area contributed by atoms with Gasteiger partial charge < -0.3 is 9.13 Å². The molecule has 4 heterocycles. The molecule has 0 aliphatic rings. The molecule has 0 bridgehead atoms. The van der Waals surface area contributed by atoms with Crippen LogP contribution in [-0.4, -0.2) is 19.1 Å². The minimum Gasteiger partial charge on any atom is -0.309 e. The SMILES string of the molecule is c1ccc(-c2ccc3ccc4c(-c5ccc(-n6c7ccccc7c7ccccc76)cc5)ccc5ccc2c3c54)c(-c2ccncc2)c1.c1ccc(-n2c3ccccc3c3ccc(-c4ccc(-c5ccc6ccc7c(-c8ccc(-c9ccccn9)cc8)ccc8ccc5c6c87)cc4)cc32)cc1. The van der Waals surface area contributed by atoms with Crippen LogP contribution in [0.2, 0.25) is 0 Å². The summed E-state index contributed by atoms with van der Waals surface area (Å²) in [5, 5.41) is 20.6. The van der Waals surface area contributed by atoms with Crippen LogP contribution in [0.15, 0.2) is 364 Å². The van der Waals surface area contributed by atoms with Crippen molar-refractivity contribution in [3.05, 3.63) is 364 Å². The molecule has 0 atom stereocenters. The molecule has 0 aliphatic carbocycles. The van der Waals surface area contributed by atoms with E-state index in [0.717, 1.165) is 11.3 Å². The van der Waals surface area contributed by atoms with Gasteiger partial charge in [-0.25, -0.2) is 0 Å². The van der Waals surface area contributed by atoms with E-state index >= 15 is 0 Å². The van der Waals surface area contributed by atoms with Gasteiger partial charge in [-0.05, 0) is 204 Å². The van der Waals surface area contributed by atoms with E-state index in [1.165, 1.54) is 186 Å². The van der Waals surface area contributed by atoms with E-state index in [-0.39, 0.29) is 0 Å². The molecule has 0 aliphatic heterocycles. The maximum absolute atomic E-state index is 4.54. The Hall–Kier alpha value is -13.3. The topological polar surface area (TPSA) is 35.6 Å². The number of pyridine rings is 2. The number of para-hydroxylation sites is 4. The van der Waals surface area contributed by atoms with Gasteiger partial charge in [0.15, 0.2) is 0 Å². The summed E-state index contributed by atoms with van der Waals surface area (Å²) < 4.78 is 4.76. The van der Waals surface area contributed by atoms with E-state index in [0.29, 0.717) is 0 Å². The second-order valence-electron chi connectivity index (χ2n) is 26.3. The summed E-state index contributed by atoms with van der Waals surface area (Å²) in [7, 11) is 0. The average molecular weight is 1270 g/mol. The van der Waals surface area contributed by atoms with Crippen molar-refractivity contribution >= 4 is 108 Å². The van der Waals surface area contributed by atoms with Crippen LogP contribution in [0, 0.1) is 0 Å². The van der Waals surface area contributed by atoms with Gasteiger partial charge >= 0.3 is 0 Å². The first kappa shape index (κ1) is 57.0. The van der Waals surface area contributed by atoms with E-state index in [9.17, 15) is 0 Å². The summed E-state index contributed by atoms with van der Waals surface area (Å²) in [6.45, 7) is 0. The molecule has 0 radical (unpaired) electrons. The molecule has 0 amide bonds. The number of aromatic nitrogens is 4. The van der Waals surface area contributed by atoms with E-state index in [1.807, 2.05) is 30.7 Å². The lowest BCUT2D eigenvalue weighted by atomic mass is 9.86. The molecule has 0 unspecified atom stereocenters. The highest BCUT2D eigenvalue weighted by molar-refractivity contribution is 6.29. The van der Waals surface area contributed by atoms with Gasteiger partial charge in [-0.1, -0.05) is 273 Å². The predicted molar refractivity (Wildman–Crippen MR) is 423 cm³/mol. The zero-order valence-corrected chi connectivity index (χ0v) is 54.4. The molecule has 0 saturated heterocycles. The summed E-state index contributed by atoms with van der Waals surface area (Å²) in [5.74, 6) is 0. The first-order valence-electron chi connectivity index (χ1n) is 34.3. The van der Waals surface area contributed by atoms with Crippen molar-refractivity contribution in [3.8, 4) is 89.4 Å². The standard InChI is InChI=1S/C51H32N2.C45H28N2/c1-2-8-40(9-3-1)53-48-12-5-4-10-43(48)44-28-25-39(32-49(44)53)33-13-15-34(16-14-33)41-26-21-37-24-30-46-42(27-22-38-23-29-45(41)50(37)51(38)46)35-17-19-36(20-18-35)47-11-6-7-31-52-47;1-2-8-36(34(7-1)30-25-27-46-28-26-30)37-22-16-32-17-23-40-35(21-15-31-18-24-41(37)45(32)44(31)40)29-13-19-33(20-14-29)47-42-11-5-3-9-38(42)39-10-4-6-12-43(39)47/h1-32H;1-28H. The third kappa shape index (κ3) is 9.22. The summed E-state index contributed by atoms with van der Waals surface area (Å²) in [4.78, 5) is 8.79. The van der Waals surface area contributed by atoms with Crippen LogP contribution in [0.1, 0.15) is 0 Å². The first-order valence-corrected chi connectivity index (χ1v) is 34.3. The minimum absolute atomic E-state index is 0.989. The average Bonchev–Trinajstić information content (AvgIpc) is 1.15. The fraction of sp³-hybridized carbons (Fsp3) is 0. The van der Waals surface area contributed by atoms with Crippen molar-refractivity contribution in [1.82, 2.24) is 19.1 Å². The first-order chi connectivity index (χ1) is 49.6. The molecule has 4 aromatic heterocycles. The maximum atomic E-state index is 4.54. The van der Waals surface area contributed by atoms with E-state index < -0.39 is 0 Å². The molecule has 0 saturated carbocycles. The molecule has 0 spiro atoms. The van der Waals surface area contributed by atoms with Crippen LogP contribution in [0.4, 0.5) is 0 Å². The Labute approximate surface area is 577 Å². The van der Waals surface area contributed by atoms with Gasteiger partial charge in [0, 0.05) is 57.1 Å². The largest absolute Gasteiger partial charge is 0.309 e. The predicted octanol–water partition coefficient (Wildman–Crippen LogP) is 25.8. The molecule has 100 heavy (non-hydrogen) atoms. The summed E-state index contributed by atoms with van der Waals surface area (Å²) in [6.07, 6.45) is 5.58. The number of hydrogen-bond donors (Lipinski definition) is 0. The normalized spacial score (nSPS) is 11.8. The molecule has 0 fully saturated rings. The molecule has 4 nitrogen and oxygen atoms in total. The number of fused-ring (bicyclic) bond motifs is 6. The van der Waals surface area contributed by atoms with Gasteiger partial charge in [-0.3, -0.25) is 9.97 Å². The van der Waals surface area contributed by atoms with Crippen LogP contribution in [0.25, 0.3) is 198 Å². The Morgan fingerprint density at radius 1 is 0.190 bits per heavy atom. The third-order valence-corrected chi connectivity index (χ3v) is 20.9. The van der Waals surface area contributed by atoms with Crippen molar-refractivity contribution < 1.29 is 0 Å². The molecular formula is C96H60N4. The van der Waals surface area contributed by atoms with Crippen molar-refractivity contribution in [1.29, 1.82) is 0 Å². The van der Waals surface area contributed by atoms with Crippen LogP contribution >= 0.6 is 0 Å². The van der Waals surface area contributed by atoms with Gasteiger partial charge in [0.25, 0.3) is 0 Å². The van der Waals surface area contributed by atoms with Crippen LogP contribution in [0.5, 0.6) is 0 Å². The van der Waals surface area contributed by atoms with Gasteiger partial charge in [0.05, 0.1) is 27.8 Å². The Balaban J connectivity index is 0.000000136. The van der Waals surface area contributed by atoms with Gasteiger partial charge in [0.2, 0.25) is 0 Å². The van der Waals surface area contributed by atoms with Crippen molar-refractivity contribution in [3.63, 3.8) is 0 Å². The highest BCUT2D eigenvalue weighted by atomic mass is 15.0. The van der Waals surface area contributed by atoms with E-state index in [4.69, 9.17) is 0 Å². The van der Waals surface area contributed by atoms with Crippen molar-refractivity contribution in [2.45, 2.75) is 0 Å². The highest BCUT2D eigenvalue weighted by Gasteiger charge is 2.21. The molecule has 0 N–H and O–H groups in total. The third-order valence-electron chi connectivity index (χ3n) is 20.9. The number of benzene rings is 17. The monoisotopic (exact) mass is 1270 g/mol. The molecule has 17 aromatic carbocycles. The second-order valence-corrected chi connectivity index (χ2v) is 26.3. The maximum Gasteiger partial charge on any atom is 0.0701 e. The summed E-state index contributed by atoms with van der Waals surface area (Å²) >= 11 is 0. The molecule has 464 valence electrons. The van der Waals surface area contributed by atoms with E-state index in [1.54, 1.807) is 0 Å². The Bertz CT molecular complexity index is 6660. The van der Waals surface area contributed by atoms with Crippen LogP contribution < -0.4 is 0 Å². The summed E-state index contributed by atoms with van der Waals surface area (Å²) in [5.41, 5.74) is 24.0. The smallest absolute Gasteiger partial charge is 0.0701 e. The second kappa shape index (κ2) is 23.2. The zero-order chi connectivity index (χ0) is 65.8. The lowest BCUT2D eigenvalue weighted by Gasteiger charge is -2.18. The molecule has 21 aromatic rings. The fourth-order valence-corrected chi connectivity index (χ4v) is 16.3. The van der Waals surface area contributed by atoms with E-state index in [2.05, 4.69) is 353 Å². The molecule has 4 heteroatoms. The quantitative estimate of drug-likeness (QED) is 0.135. The molecular weight excluding hydrogens is 1210 g/mol. The number of hydrogen-bond acceptors (Lipinski definition) is 2. The molecule has 21 rings (SSSR count). The van der Waals surface area contributed by atoms with Gasteiger partial charge in [-0.2, -0.15) is 0 Å². The highest BCUT2D eigenvalue weighted by Crippen LogP contribution is 2.47. The fourth-order valence-electron chi connectivity index (χ4n) is 16.3. The van der Waals surface area contributed by atoms with Crippen molar-refractivity contribution in [2.24, 2.45) is 0 Å². The summed E-state index contributed by atoms with van der Waals surface area (Å²) in [6, 6.07) is 126. The minimum atomic E-state index is 0.989. The number of nitrogens with zero attached hydrogens (tertiary/aromatic N) is 4. The Morgan fingerprint density at radius 2 is 0.550 bits per heavy atom. The zero-order valence-electron chi connectivity index (χ0n) is 54.4. The Kier molecular flexibility index (Phi) is 13.2. The lowest BCUT2D eigenvalue weighted by molar-refractivity contribution is 1.18.